The van der Waals surface area contributed by atoms with Crippen LogP contribution >= 0.6 is 11.8 Å². The number of carboxylic acids is 2. The number of hydrogen-bond donors (Lipinski definition) is 3. The molecular formula is C29H42Na2O5S. The van der Waals surface area contributed by atoms with Crippen molar-refractivity contribution in [3.63, 3.8) is 0 Å². The Bertz CT molecular complexity index is 919. The molecule has 0 aromatic heterocycles. The summed E-state index contributed by atoms with van der Waals surface area (Å²) in [5.74, 6) is -1.26. The van der Waals surface area contributed by atoms with E-state index in [1.807, 2.05) is 6.07 Å². The first kappa shape index (κ1) is 36.7. The van der Waals surface area contributed by atoms with Crippen molar-refractivity contribution in [3.8, 4) is 0 Å². The largest absolute Gasteiger partial charge is 1.00 e. The van der Waals surface area contributed by atoms with E-state index in [-0.39, 0.29) is 79.2 Å². The fourth-order valence-electron chi connectivity index (χ4n) is 4.18. The molecule has 0 heterocycles. The van der Waals surface area contributed by atoms with Crippen molar-refractivity contribution in [2.75, 3.05) is 0 Å². The molecule has 0 fully saturated rings. The van der Waals surface area contributed by atoms with Crippen LogP contribution in [0, 0.1) is 0 Å². The average Bonchev–Trinajstić information content (AvgIpc) is 2.84. The maximum Gasteiger partial charge on any atom is 1.00 e. The van der Waals surface area contributed by atoms with Crippen LogP contribution < -0.4 is 59.1 Å². The van der Waals surface area contributed by atoms with Gasteiger partial charge in [-0.05, 0) is 54.5 Å². The van der Waals surface area contributed by atoms with Crippen molar-refractivity contribution in [2.45, 2.75) is 94.7 Å². The van der Waals surface area contributed by atoms with Gasteiger partial charge in [-0.2, -0.15) is 0 Å². The molecule has 0 aliphatic heterocycles. The zero-order chi connectivity index (χ0) is 25.5. The number of aliphatic carboxylic acids is 1. The zero-order valence-corrected chi connectivity index (χ0v) is 27.6. The maximum absolute atomic E-state index is 11.3. The van der Waals surface area contributed by atoms with E-state index in [0.29, 0.717) is 18.6 Å². The number of thioether (sulfide) groups is 1. The molecule has 2 atom stereocenters. The van der Waals surface area contributed by atoms with Crippen LogP contribution in [0.3, 0.4) is 0 Å². The predicted octanol–water partition coefficient (Wildman–Crippen LogP) is 1.50. The van der Waals surface area contributed by atoms with Crippen molar-refractivity contribution >= 4 is 23.7 Å². The fourth-order valence-corrected chi connectivity index (χ4v) is 5.44. The van der Waals surface area contributed by atoms with Gasteiger partial charge in [0.25, 0.3) is 0 Å². The minimum Gasteiger partial charge on any atom is -1.00 e. The van der Waals surface area contributed by atoms with E-state index >= 15 is 0 Å². The summed E-state index contributed by atoms with van der Waals surface area (Å²) in [6, 6.07) is 15.3. The van der Waals surface area contributed by atoms with Gasteiger partial charge in [0.15, 0.2) is 0 Å². The molecule has 0 aliphatic rings. The molecular weight excluding hydrogens is 506 g/mol. The topological polar surface area (TPSA) is 94.8 Å². The number of carbonyl (C=O) groups is 2. The van der Waals surface area contributed by atoms with E-state index in [1.54, 1.807) is 30.0 Å². The molecule has 2 unspecified atom stereocenters. The van der Waals surface area contributed by atoms with Gasteiger partial charge in [-0.25, -0.2) is 4.79 Å². The normalized spacial score (nSPS) is 12.2. The molecule has 0 saturated carbocycles. The molecule has 196 valence electrons. The van der Waals surface area contributed by atoms with Crippen LogP contribution in [0.5, 0.6) is 0 Å². The number of hydrogen-bond acceptors (Lipinski definition) is 4. The minimum absolute atomic E-state index is 0. The van der Waals surface area contributed by atoms with Crippen LogP contribution in [0.2, 0.25) is 0 Å². The smallest absolute Gasteiger partial charge is 1.00 e. The van der Waals surface area contributed by atoms with E-state index in [4.69, 9.17) is 5.11 Å². The van der Waals surface area contributed by atoms with Gasteiger partial charge in [-0.15, -0.1) is 11.8 Å². The summed E-state index contributed by atoms with van der Waals surface area (Å²) in [6.45, 7) is 2.23. The van der Waals surface area contributed by atoms with Crippen molar-refractivity contribution in [2.24, 2.45) is 0 Å². The van der Waals surface area contributed by atoms with Gasteiger partial charge in [0.2, 0.25) is 0 Å². The van der Waals surface area contributed by atoms with E-state index in [9.17, 15) is 19.8 Å². The molecule has 2 aromatic carbocycles. The SMILES string of the molecule is CCCCCCCCCc1ccc(C(SCc2cccc(C(=O)O)c2)C(O)CCCC(=O)O)cc1.[H-].[H-].[Na+].[Na+]. The number of aliphatic hydroxyl groups is 1. The van der Waals surface area contributed by atoms with Crippen LogP contribution in [-0.4, -0.2) is 33.4 Å². The summed E-state index contributed by atoms with van der Waals surface area (Å²) in [7, 11) is 0. The Kier molecular flexibility index (Phi) is 21.3. The Labute approximate surface area is 273 Å². The average molecular weight is 549 g/mol. The number of aliphatic hydroxyl groups excluding tert-OH is 1. The summed E-state index contributed by atoms with van der Waals surface area (Å²) < 4.78 is 0. The molecule has 37 heavy (non-hydrogen) atoms. The molecule has 0 amide bonds. The first-order valence-electron chi connectivity index (χ1n) is 12.8. The molecule has 3 N–H and O–H groups in total. The van der Waals surface area contributed by atoms with Crippen molar-refractivity contribution in [1.29, 1.82) is 0 Å². The summed E-state index contributed by atoms with van der Waals surface area (Å²) >= 11 is 1.56. The Hall–Kier alpha value is -0.310. The number of unbranched alkanes of at least 4 members (excludes halogenated alkanes) is 6. The molecule has 5 nitrogen and oxygen atoms in total. The number of rotatable bonds is 18. The summed E-state index contributed by atoms with van der Waals surface area (Å²) in [6.07, 6.45) is 10.2. The van der Waals surface area contributed by atoms with Crippen molar-refractivity contribution < 1.29 is 86.9 Å². The van der Waals surface area contributed by atoms with Crippen LogP contribution in [-0.2, 0) is 17.0 Å². The van der Waals surface area contributed by atoms with Gasteiger partial charge in [-0.1, -0.05) is 81.8 Å². The van der Waals surface area contributed by atoms with Crippen LogP contribution in [0.1, 0.15) is 106 Å². The molecule has 8 heteroatoms. The Morgan fingerprint density at radius 3 is 2.14 bits per heavy atom. The first-order chi connectivity index (χ1) is 16.9. The molecule has 0 bridgehead atoms. The molecule has 0 saturated heterocycles. The van der Waals surface area contributed by atoms with Crippen molar-refractivity contribution in [3.05, 3.63) is 70.8 Å². The number of aromatic carboxylic acids is 1. The molecule has 2 rings (SSSR count). The maximum atomic E-state index is 11.3. The number of carboxylic acid groups (broad SMARTS) is 2. The molecule has 2 aromatic rings. The summed E-state index contributed by atoms with van der Waals surface area (Å²) in [4.78, 5) is 22.2. The second-order valence-electron chi connectivity index (χ2n) is 9.20. The third-order valence-corrected chi connectivity index (χ3v) is 7.67. The van der Waals surface area contributed by atoms with E-state index < -0.39 is 18.0 Å². The molecule has 0 radical (unpaired) electrons. The number of benzene rings is 2. The Balaban J connectivity index is -0.00000324. The van der Waals surface area contributed by atoms with Gasteiger partial charge in [0.1, 0.15) is 0 Å². The summed E-state index contributed by atoms with van der Waals surface area (Å²) in [5, 5.41) is 28.9. The Morgan fingerprint density at radius 1 is 0.865 bits per heavy atom. The summed E-state index contributed by atoms with van der Waals surface area (Å²) in [5.41, 5.74) is 3.43. The van der Waals surface area contributed by atoms with Gasteiger partial charge in [-0.3, -0.25) is 4.79 Å². The van der Waals surface area contributed by atoms with Crippen LogP contribution in [0.25, 0.3) is 0 Å². The van der Waals surface area contributed by atoms with Gasteiger partial charge in [0.05, 0.1) is 16.9 Å². The van der Waals surface area contributed by atoms with Crippen molar-refractivity contribution in [1.82, 2.24) is 0 Å². The third-order valence-electron chi connectivity index (χ3n) is 6.22. The predicted molar refractivity (Wildman–Crippen MR) is 145 cm³/mol. The van der Waals surface area contributed by atoms with Crippen LogP contribution in [0.4, 0.5) is 0 Å². The fraction of sp³-hybridized carbons (Fsp3) is 0.517. The number of aryl methyl sites for hydroxylation is 1. The Morgan fingerprint density at radius 2 is 1.51 bits per heavy atom. The van der Waals surface area contributed by atoms with Gasteiger partial charge >= 0.3 is 71.1 Å². The van der Waals surface area contributed by atoms with Gasteiger partial charge in [0, 0.05) is 12.2 Å². The van der Waals surface area contributed by atoms with E-state index in [0.717, 1.165) is 17.5 Å². The zero-order valence-electron chi connectivity index (χ0n) is 24.8. The monoisotopic (exact) mass is 548 g/mol. The first-order valence-corrected chi connectivity index (χ1v) is 13.9. The molecule has 0 spiro atoms. The van der Waals surface area contributed by atoms with E-state index in [1.165, 1.54) is 50.5 Å². The third kappa shape index (κ3) is 15.2. The van der Waals surface area contributed by atoms with Crippen LogP contribution in [0.15, 0.2) is 48.5 Å². The quantitative estimate of drug-likeness (QED) is 0.193. The minimum atomic E-state index is -0.960. The van der Waals surface area contributed by atoms with E-state index in [2.05, 4.69) is 31.2 Å². The standard InChI is InChI=1S/C29H40O5S.2Na.2H/c1-2-3-4-5-6-7-8-11-22-16-18-24(19-17-22)28(26(30)14-10-15-27(31)32)35-21-23-12-9-13-25(20-23)29(33)34;;;;/h9,12-13,16-20,26,28,30H,2-8,10-11,14-15,21H2,1H3,(H,31,32)(H,33,34);;;;/q;2*+1;2*-1. The second kappa shape index (κ2) is 21.5. The molecule has 0 aliphatic carbocycles. The second-order valence-corrected chi connectivity index (χ2v) is 10.3. The van der Waals surface area contributed by atoms with Gasteiger partial charge < -0.3 is 18.2 Å².